The fourth-order valence-corrected chi connectivity index (χ4v) is 3.31. The molecule has 1 heterocycles. The molecule has 33 heavy (non-hydrogen) atoms. The molecule has 2 aromatic rings. The van der Waals surface area contributed by atoms with Crippen molar-refractivity contribution in [3.05, 3.63) is 66.4 Å². The van der Waals surface area contributed by atoms with Gasteiger partial charge in [0.2, 0.25) is 0 Å². The number of amides is 3. The maximum atomic E-state index is 12.5. The van der Waals surface area contributed by atoms with Crippen LogP contribution in [0.15, 0.2) is 60.8 Å². The Morgan fingerprint density at radius 1 is 1.15 bits per heavy atom. The summed E-state index contributed by atoms with van der Waals surface area (Å²) in [5.74, 6) is -1.58. The summed E-state index contributed by atoms with van der Waals surface area (Å²) in [6, 6.07) is 11.4. The summed E-state index contributed by atoms with van der Waals surface area (Å²) in [5, 5.41) is 14.2. The van der Waals surface area contributed by atoms with Crippen LogP contribution < -0.4 is 44.9 Å². The molecule has 2 atom stereocenters. The third-order valence-corrected chi connectivity index (χ3v) is 4.99. The van der Waals surface area contributed by atoms with Crippen molar-refractivity contribution in [1.82, 2.24) is 15.5 Å². The molecular weight excluding hydrogens is 437 g/mol. The van der Waals surface area contributed by atoms with E-state index in [0.717, 1.165) is 11.1 Å². The molecule has 1 aliphatic heterocycles. The number of likely N-dealkylation sites (N-methyl/N-ethyl adjacent to an activating group) is 1. The zero-order chi connectivity index (χ0) is 23.3. The Morgan fingerprint density at radius 3 is 2.48 bits per heavy atom. The molecule has 3 amide bonds. The van der Waals surface area contributed by atoms with E-state index in [-0.39, 0.29) is 37.4 Å². The molecule has 1 aliphatic rings. The van der Waals surface area contributed by atoms with Crippen molar-refractivity contribution < 1.29 is 60.0 Å². The van der Waals surface area contributed by atoms with Crippen LogP contribution in [0.2, 0.25) is 0 Å². The van der Waals surface area contributed by atoms with Gasteiger partial charge >= 0.3 is 41.6 Å². The second kappa shape index (κ2) is 11.6. The van der Waals surface area contributed by atoms with Gasteiger partial charge in [-0.2, -0.15) is 0 Å². The van der Waals surface area contributed by atoms with Gasteiger partial charge in [0.1, 0.15) is 5.75 Å². The summed E-state index contributed by atoms with van der Waals surface area (Å²) in [4.78, 5) is 49.3. The Morgan fingerprint density at radius 2 is 1.82 bits per heavy atom. The number of nitrogens with one attached hydrogen (secondary N) is 2. The van der Waals surface area contributed by atoms with Crippen molar-refractivity contribution in [2.75, 3.05) is 14.2 Å². The van der Waals surface area contributed by atoms with Crippen LogP contribution in [0.3, 0.4) is 0 Å². The number of methoxy groups -OCH3 is 1. The fourth-order valence-electron chi connectivity index (χ4n) is 3.31. The van der Waals surface area contributed by atoms with Gasteiger partial charge in [0, 0.05) is 19.3 Å². The van der Waals surface area contributed by atoms with Crippen LogP contribution in [-0.2, 0) is 14.4 Å². The first kappa shape index (κ1) is 26.1. The number of hydrogen-bond acceptors (Lipinski definition) is 5. The molecule has 0 saturated heterocycles. The molecule has 2 unspecified atom stereocenters. The van der Waals surface area contributed by atoms with E-state index in [0.29, 0.717) is 11.3 Å². The predicted octanol–water partition coefficient (Wildman–Crippen LogP) is -0.783. The molecule has 0 bridgehead atoms. The van der Waals surface area contributed by atoms with Crippen molar-refractivity contribution in [3.8, 4) is 16.9 Å². The predicted molar refractivity (Wildman–Crippen MR) is 117 cm³/mol. The molecule has 9 nitrogen and oxygen atoms in total. The number of ether oxygens (including phenoxy) is 1. The zero-order valence-corrected chi connectivity index (χ0v) is 20.6. The Hall–Kier alpha value is -3.14. The number of carbonyl (C=O) groups excluding carboxylic acids is 3. The number of carbonyl (C=O) groups is 4. The van der Waals surface area contributed by atoms with E-state index in [1.54, 1.807) is 25.3 Å². The van der Waals surface area contributed by atoms with E-state index >= 15 is 0 Å². The second-order valence-electron chi connectivity index (χ2n) is 7.23. The minimum atomic E-state index is -1.36. The van der Waals surface area contributed by atoms with Crippen LogP contribution in [-0.4, -0.2) is 53.9 Å². The maximum absolute atomic E-state index is 12.5. The van der Waals surface area contributed by atoms with Crippen LogP contribution in [0.1, 0.15) is 19.5 Å². The van der Waals surface area contributed by atoms with Crippen LogP contribution in [0.4, 0.5) is 4.79 Å². The van der Waals surface area contributed by atoms with Crippen molar-refractivity contribution in [1.29, 1.82) is 0 Å². The molecule has 0 spiro atoms. The first-order valence-electron chi connectivity index (χ1n) is 9.80. The van der Waals surface area contributed by atoms with Gasteiger partial charge in [0.25, 0.3) is 5.91 Å². The summed E-state index contributed by atoms with van der Waals surface area (Å²) < 4.78 is 5.25. The number of urea groups is 1. The van der Waals surface area contributed by atoms with Crippen LogP contribution >= 0.6 is 0 Å². The van der Waals surface area contributed by atoms with E-state index in [1.807, 2.05) is 30.3 Å². The number of ketones is 1. The van der Waals surface area contributed by atoms with Crippen molar-refractivity contribution in [2.24, 2.45) is 0 Å². The number of aliphatic carboxylic acids is 1. The number of benzene rings is 2. The SMILES string of the molecule is COc1cccc(-c2cccc(C(CC(=O)O)NC(=O)NC3C(=O)C=CN(C)C3=O)c2)c1.[H-].[Na+]. The van der Waals surface area contributed by atoms with Gasteiger partial charge in [0.15, 0.2) is 11.8 Å². The van der Waals surface area contributed by atoms with Gasteiger partial charge in [0.05, 0.1) is 19.6 Å². The normalized spacial score (nSPS) is 15.9. The zero-order valence-electron chi connectivity index (χ0n) is 19.6. The Kier molecular flexibility index (Phi) is 9.22. The number of rotatable bonds is 7. The third kappa shape index (κ3) is 6.67. The van der Waals surface area contributed by atoms with Gasteiger partial charge in [-0.05, 0) is 34.9 Å². The van der Waals surface area contributed by atoms with Crippen molar-refractivity contribution in [3.63, 3.8) is 0 Å². The van der Waals surface area contributed by atoms with E-state index in [1.165, 1.54) is 24.2 Å². The second-order valence-corrected chi connectivity index (χ2v) is 7.23. The monoisotopic (exact) mass is 461 g/mol. The molecule has 0 aromatic heterocycles. The minimum Gasteiger partial charge on any atom is -1.00 e. The van der Waals surface area contributed by atoms with E-state index < -0.39 is 35.8 Å². The average Bonchev–Trinajstić information content (AvgIpc) is 2.78. The number of carboxylic acids is 1. The molecular formula is C23H24N3NaO6. The standard InChI is InChI=1S/C23H23N3O6.Na.H/c1-26-10-9-19(27)21(22(26)30)25-23(31)24-18(13-20(28)29)16-7-3-5-14(11-16)15-6-4-8-17(12-15)32-2;;/h3-12,18,21H,13H2,1-2H3,(H,28,29)(H2,24,25,31);;/q;+1;-1. The van der Waals surface area contributed by atoms with Gasteiger partial charge in [-0.15, -0.1) is 0 Å². The van der Waals surface area contributed by atoms with Gasteiger partial charge in [-0.25, -0.2) is 4.79 Å². The molecule has 168 valence electrons. The summed E-state index contributed by atoms with van der Waals surface area (Å²) in [6.07, 6.45) is 2.12. The largest absolute Gasteiger partial charge is 1.00 e. The third-order valence-electron chi connectivity index (χ3n) is 4.99. The van der Waals surface area contributed by atoms with E-state index in [9.17, 15) is 24.3 Å². The van der Waals surface area contributed by atoms with Crippen molar-refractivity contribution in [2.45, 2.75) is 18.5 Å². The van der Waals surface area contributed by atoms with Gasteiger partial charge in [-0.3, -0.25) is 14.4 Å². The van der Waals surface area contributed by atoms with E-state index in [2.05, 4.69) is 10.6 Å². The maximum Gasteiger partial charge on any atom is 1.00 e. The number of nitrogens with zero attached hydrogens (tertiary/aromatic N) is 1. The first-order valence-corrected chi connectivity index (χ1v) is 9.80. The average molecular weight is 461 g/mol. The Bertz CT molecular complexity index is 1090. The number of hydrogen-bond donors (Lipinski definition) is 3. The number of carboxylic acid groups (broad SMARTS) is 1. The molecule has 0 aliphatic carbocycles. The van der Waals surface area contributed by atoms with E-state index in [4.69, 9.17) is 4.74 Å². The van der Waals surface area contributed by atoms with Crippen LogP contribution in [0.25, 0.3) is 11.1 Å². The van der Waals surface area contributed by atoms with Crippen LogP contribution in [0.5, 0.6) is 5.75 Å². The summed E-state index contributed by atoms with van der Waals surface area (Å²) in [6.45, 7) is 0. The molecule has 0 radical (unpaired) electrons. The molecule has 3 N–H and O–H groups in total. The topological polar surface area (TPSA) is 125 Å². The Balaban J connectivity index is 0.00000289. The quantitative estimate of drug-likeness (QED) is 0.367. The molecule has 2 aromatic carbocycles. The summed E-state index contributed by atoms with van der Waals surface area (Å²) in [7, 11) is 3.03. The van der Waals surface area contributed by atoms with Crippen LogP contribution in [0, 0.1) is 0 Å². The first-order chi connectivity index (χ1) is 15.3. The van der Waals surface area contributed by atoms with Gasteiger partial charge < -0.3 is 26.8 Å². The smallest absolute Gasteiger partial charge is 1.00 e. The fraction of sp³-hybridized carbons (Fsp3) is 0.217. The van der Waals surface area contributed by atoms with Gasteiger partial charge in [-0.1, -0.05) is 30.3 Å². The molecule has 3 rings (SSSR count). The summed E-state index contributed by atoms with van der Waals surface area (Å²) >= 11 is 0. The molecule has 0 saturated carbocycles. The summed E-state index contributed by atoms with van der Waals surface area (Å²) in [5.41, 5.74) is 2.22. The molecule has 10 heteroatoms. The Labute approximate surface area is 214 Å². The minimum absolute atomic E-state index is 0. The van der Waals surface area contributed by atoms with Crippen molar-refractivity contribution >= 4 is 23.7 Å². The molecule has 0 fully saturated rings.